The molecule has 0 aliphatic carbocycles. The molecule has 0 aliphatic rings. The summed E-state index contributed by atoms with van der Waals surface area (Å²) in [6.07, 6.45) is 9.65. The summed E-state index contributed by atoms with van der Waals surface area (Å²) in [5, 5.41) is 9.01. The van der Waals surface area contributed by atoms with E-state index in [0.29, 0.717) is 0 Å². The zero-order valence-corrected chi connectivity index (χ0v) is 19.9. The van der Waals surface area contributed by atoms with E-state index >= 15 is 0 Å². The Morgan fingerprint density at radius 1 is 1.11 bits per heavy atom. The van der Waals surface area contributed by atoms with Crippen molar-refractivity contribution in [3.63, 3.8) is 0 Å². The second-order valence-electron chi connectivity index (χ2n) is 6.57. The lowest BCUT2D eigenvalue weighted by Crippen LogP contribution is -1.93. The lowest BCUT2D eigenvalue weighted by Gasteiger charge is -2.08. The number of unbranched alkanes of at least 4 members (excludes halogenated alkanes) is 1. The van der Waals surface area contributed by atoms with E-state index in [1.165, 1.54) is 18.4 Å². The lowest BCUT2D eigenvalue weighted by atomic mass is 10.00. The van der Waals surface area contributed by atoms with Gasteiger partial charge >= 0.3 is 0 Å². The van der Waals surface area contributed by atoms with Gasteiger partial charge in [-0.05, 0) is 55.4 Å². The molecule has 0 aromatic heterocycles. The first kappa shape index (κ1) is 27.8. The average molecular weight is 436 g/mol. The maximum atomic E-state index is 9.91. The number of nitrogens with zero attached hydrogens (tertiary/aromatic N) is 1. The molecule has 2 nitrogen and oxygen atoms in total. The Kier molecular flexibility index (Phi) is 18.5. The van der Waals surface area contributed by atoms with Gasteiger partial charge in [0, 0.05) is 10.9 Å². The third kappa shape index (κ3) is 12.6. The summed E-state index contributed by atoms with van der Waals surface area (Å²) >= 11 is 3.58. The van der Waals surface area contributed by atoms with Crippen LogP contribution in [0.15, 0.2) is 18.2 Å². The summed E-state index contributed by atoms with van der Waals surface area (Å²) in [5.74, 6) is 0.736. The lowest BCUT2D eigenvalue weighted by molar-refractivity contribution is -0.108. The van der Waals surface area contributed by atoms with Gasteiger partial charge in [-0.25, -0.2) is 0 Å². The fourth-order valence-corrected chi connectivity index (χ4v) is 3.26. The van der Waals surface area contributed by atoms with E-state index in [4.69, 9.17) is 5.26 Å². The summed E-state index contributed by atoms with van der Waals surface area (Å²) < 4.78 is 1.09. The molecule has 0 aliphatic heterocycles. The molecule has 0 saturated heterocycles. The fraction of sp³-hybridized carbons (Fsp3) is 0.583. The van der Waals surface area contributed by atoms with Crippen LogP contribution in [0, 0.1) is 31.1 Å². The van der Waals surface area contributed by atoms with Gasteiger partial charge in [0.25, 0.3) is 0 Å². The molecule has 0 radical (unpaired) electrons. The predicted molar refractivity (Wildman–Crippen MR) is 123 cm³/mol. The Balaban J connectivity index is 0. The Bertz CT molecular complexity index is 599. The van der Waals surface area contributed by atoms with Crippen molar-refractivity contribution in [2.75, 3.05) is 0 Å². The van der Waals surface area contributed by atoms with Crippen molar-refractivity contribution in [3.05, 3.63) is 40.5 Å². The van der Waals surface area contributed by atoms with Crippen LogP contribution in [0.5, 0.6) is 0 Å². The third-order valence-electron chi connectivity index (χ3n) is 4.12. The van der Waals surface area contributed by atoms with Gasteiger partial charge in [0.2, 0.25) is 0 Å². The van der Waals surface area contributed by atoms with Gasteiger partial charge < -0.3 is 4.79 Å². The van der Waals surface area contributed by atoms with E-state index in [1.807, 2.05) is 26.8 Å². The van der Waals surface area contributed by atoms with Crippen LogP contribution in [0.2, 0.25) is 0 Å². The number of rotatable bonds is 8. The highest BCUT2D eigenvalue weighted by molar-refractivity contribution is 9.15. The van der Waals surface area contributed by atoms with Gasteiger partial charge in [0.05, 0.1) is 11.6 Å². The summed E-state index contributed by atoms with van der Waals surface area (Å²) in [6, 6.07) is 6.25. The highest BCUT2D eigenvalue weighted by Crippen LogP contribution is 2.27. The normalized spacial score (nSPS) is 11.3. The fourth-order valence-electron chi connectivity index (χ4n) is 2.60. The Morgan fingerprint density at radius 2 is 1.74 bits per heavy atom. The number of halogens is 1. The van der Waals surface area contributed by atoms with Crippen molar-refractivity contribution < 1.29 is 4.79 Å². The average Bonchev–Trinajstić information content (AvgIpc) is 2.67. The molecule has 0 heterocycles. The van der Waals surface area contributed by atoms with Gasteiger partial charge in [-0.3, -0.25) is 0 Å². The molecule has 1 unspecified atom stereocenters. The molecule has 27 heavy (non-hydrogen) atoms. The molecule has 1 aromatic carbocycles. The zero-order valence-electron chi connectivity index (χ0n) is 18.4. The molecular weight excluding hydrogens is 398 g/mol. The molecule has 0 bridgehead atoms. The number of aldehydes is 1. The summed E-state index contributed by atoms with van der Waals surface area (Å²) in [4.78, 5) is 9.91. The maximum Gasteiger partial charge on any atom is 0.120 e. The van der Waals surface area contributed by atoms with Crippen LogP contribution in [-0.2, 0) is 4.79 Å². The van der Waals surface area contributed by atoms with E-state index in [1.54, 1.807) is 0 Å². The number of benzene rings is 1. The molecule has 0 N–H and O–H groups in total. The van der Waals surface area contributed by atoms with E-state index in [-0.39, 0.29) is 0 Å². The molecule has 0 fully saturated rings. The van der Waals surface area contributed by atoms with Gasteiger partial charge in [-0.1, -0.05) is 82.0 Å². The van der Waals surface area contributed by atoms with Crippen LogP contribution in [-0.4, -0.2) is 6.29 Å². The molecule has 0 spiro atoms. The van der Waals surface area contributed by atoms with Crippen LogP contribution >= 0.6 is 15.9 Å². The molecule has 152 valence electrons. The number of nitriles is 1. The molecule has 3 heteroatoms. The quantitative estimate of drug-likeness (QED) is 0.386. The van der Waals surface area contributed by atoms with Gasteiger partial charge in [-0.2, -0.15) is 5.26 Å². The van der Waals surface area contributed by atoms with Crippen LogP contribution in [0.3, 0.4) is 0 Å². The van der Waals surface area contributed by atoms with Crippen molar-refractivity contribution in [3.8, 4) is 6.07 Å². The first-order chi connectivity index (χ1) is 12.9. The highest BCUT2D eigenvalue weighted by atomic mass is 79.9. The Labute approximate surface area is 176 Å². The van der Waals surface area contributed by atoms with Crippen molar-refractivity contribution in [2.45, 2.75) is 87.0 Å². The third-order valence-corrected chi connectivity index (χ3v) is 4.87. The minimum atomic E-state index is 0.736. The van der Waals surface area contributed by atoms with Crippen LogP contribution < -0.4 is 0 Å². The summed E-state index contributed by atoms with van der Waals surface area (Å²) in [6.45, 7) is 14.6. The van der Waals surface area contributed by atoms with Crippen molar-refractivity contribution >= 4 is 26.7 Å². The SMILES string of the molecule is CC.CCC/C=C(/Br)c1cc(C#N)c(C)cc1C.CCCC(C)CCC=O. The molecule has 0 amide bonds. The minimum absolute atomic E-state index is 0.736. The van der Waals surface area contributed by atoms with Gasteiger partial charge in [-0.15, -0.1) is 0 Å². The van der Waals surface area contributed by atoms with Gasteiger partial charge in [0.15, 0.2) is 0 Å². The van der Waals surface area contributed by atoms with Crippen molar-refractivity contribution in [1.82, 2.24) is 0 Å². The number of hydrogen-bond donors (Lipinski definition) is 0. The standard InChI is InChI=1S/C14H16BrN.C8H16O.C2H6/c1-4-5-6-14(15)13-8-12(9-16)10(2)7-11(13)3;1-3-5-8(2)6-4-7-9;1-2/h6-8H,4-5H2,1-3H3;7-8H,3-6H2,1-2H3;1-2H3/b14-6+;;. The summed E-state index contributed by atoms with van der Waals surface area (Å²) in [7, 11) is 0. The monoisotopic (exact) mass is 435 g/mol. The second-order valence-corrected chi connectivity index (χ2v) is 7.43. The largest absolute Gasteiger partial charge is 0.303 e. The Hall–Kier alpha value is -1.40. The van der Waals surface area contributed by atoms with Crippen molar-refractivity contribution in [2.24, 2.45) is 5.92 Å². The number of hydrogen-bond acceptors (Lipinski definition) is 2. The summed E-state index contributed by atoms with van der Waals surface area (Å²) in [5.41, 5.74) is 4.12. The first-order valence-corrected chi connectivity index (χ1v) is 11.0. The molecular formula is C24H38BrNO. The van der Waals surface area contributed by atoms with Crippen molar-refractivity contribution in [1.29, 1.82) is 5.26 Å². The number of allylic oxidation sites excluding steroid dienone is 1. The highest BCUT2D eigenvalue weighted by Gasteiger charge is 2.06. The second kappa shape index (κ2) is 18.0. The van der Waals surface area contributed by atoms with Gasteiger partial charge in [0.1, 0.15) is 6.29 Å². The minimum Gasteiger partial charge on any atom is -0.303 e. The zero-order chi connectivity index (χ0) is 21.2. The molecule has 1 rings (SSSR count). The van der Waals surface area contributed by atoms with E-state index in [9.17, 15) is 4.79 Å². The molecule has 1 atom stereocenters. The number of carbonyl (C=O) groups is 1. The van der Waals surface area contributed by atoms with Crippen LogP contribution in [0.1, 0.15) is 95.4 Å². The molecule has 1 aromatic rings. The molecule has 0 saturated carbocycles. The van der Waals surface area contributed by atoms with Crippen LogP contribution in [0.4, 0.5) is 0 Å². The topological polar surface area (TPSA) is 40.9 Å². The number of aryl methyl sites for hydroxylation is 2. The van der Waals surface area contributed by atoms with E-state index in [0.717, 1.165) is 59.1 Å². The smallest absolute Gasteiger partial charge is 0.120 e. The number of carbonyl (C=O) groups excluding carboxylic acids is 1. The maximum absolute atomic E-state index is 9.91. The van der Waals surface area contributed by atoms with E-state index < -0.39 is 0 Å². The predicted octanol–water partition coefficient (Wildman–Crippen LogP) is 8.14. The van der Waals surface area contributed by atoms with E-state index in [2.05, 4.69) is 61.8 Å². The Morgan fingerprint density at radius 3 is 2.22 bits per heavy atom. The van der Waals surface area contributed by atoms with Crippen LogP contribution in [0.25, 0.3) is 4.48 Å². The first-order valence-electron chi connectivity index (χ1n) is 10.2.